The average Bonchev–Trinajstić information content (AvgIpc) is 3.09. The number of carbonyl (C=O) groups is 2. The number of halogens is 1. The SMILES string of the molecule is CC(OC(=O)CCc1c[nH]c2ccccc12)C(=O)NCc1ccc(Cl)cc1. The number of ether oxygens (including phenoxy) is 1. The minimum atomic E-state index is -0.840. The zero-order valence-electron chi connectivity index (χ0n) is 15.0. The lowest BCUT2D eigenvalue weighted by Gasteiger charge is -2.13. The molecular weight excluding hydrogens is 364 g/mol. The molecule has 5 nitrogen and oxygen atoms in total. The number of para-hydroxylation sites is 1. The summed E-state index contributed by atoms with van der Waals surface area (Å²) < 4.78 is 5.25. The van der Waals surface area contributed by atoms with E-state index in [0.717, 1.165) is 22.0 Å². The van der Waals surface area contributed by atoms with E-state index in [1.165, 1.54) is 0 Å². The number of esters is 1. The Labute approximate surface area is 162 Å². The highest BCUT2D eigenvalue weighted by Gasteiger charge is 2.17. The van der Waals surface area contributed by atoms with E-state index < -0.39 is 12.1 Å². The number of benzene rings is 2. The van der Waals surface area contributed by atoms with Gasteiger partial charge in [-0.3, -0.25) is 9.59 Å². The summed E-state index contributed by atoms with van der Waals surface area (Å²) in [6, 6.07) is 15.1. The van der Waals surface area contributed by atoms with E-state index in [1.807, 2.05) is 42.6 Å². The monoisotopic (exact) mass is 384 g/mol. The van der Waals surface area contributed by atoms with E-state index in [9.17, 15) is 9.59 Å². The molecule has 2 N–H and O–H groups in total. The third kappa shape index (κ3) is 5.11. The average molecular weight is 385 g/mol. The van der Waals surface area contributed by atoms with Crippen molar-refractivity contribution < 1.29 is 14.3 Å². The molecule has 0 bridgehead atoms. The maximum Gasteiger partial charge on any atom is 0.306 e. The summed E-state index contributed by atoms with van der Waals surface area (Å²) in [5, 5.41) is 4.49. The van der Waals surface area contributed by atoms with Gasteiger partial charge in [-0.2, -0.15) is 0 Å². The number of H-pyrrole nitrogens is 1. The predicted octanol–water partition coefficient (Wildman–Crippen LogP) is 4.00. The topological polar surface area (TPSA) is 71.2 Å². The van der Waals surface area contributed by atoms with Crippen LogP contribution < -0.4 is 5.32 Å². The third-order valence-electron chi connectivity index (χ3n) is 4.33. The number of amides is 1. The van der Waals surface area contributed by atoms with Gasteiger partial charge in [-0.25, -0.2) is 0 Å². The Kier molecular flexibility index (Phi) is 6.14. The van der Waals surface area contributed by atoms with E-state index in [-0.39, 0.29) is 12.3 Å². The van der Waals surface area contributed by atoms with Crippen LogP contribution in [0.1, 0.15) is 24.5 Å². The van der Waals surface area contributed by atoms with Crippen LogP contribution in [0.2, 0.25) is 5.02 Å². The van der Waals surface area contributed by atoms with Crippen LogP contribution in [0.15, 0.2) is 54.7 Å². The fourth-order valence-corrected chi connectivity index (χ4v) is 2.95. The van der Waals surface area contributed by atoms with Gasteiger partial charge in [-0.15, -0.1) is 0 Å². The molecule has 1 heterocycles. The van der Waals surface area contributed by atoms with Crippen LogP contribution in [0.4, 0.5) is 0 Å². The van der Waals surface area contributed by atoms with Crippen LogP contribution in [0, 0.1) is 0 Å². The summed E-state index contributed by atoms with van der Waals surface area (Å²) in [5.41, 5.74) is 3.02. The smallest absolute Gasteiger partial charge is 0.306 e. The Balaban J connectivity index is 1.45. The molecule has 0 aliphatic rings. The molecular formula is C21H21ClN2O3. The van der Waals surface area contributed by atoms with Gasteiger partial charge in [0.15, 0.2) is 6.10 Å². The molecule has 0 aliphatic carbocycles. The summed E-state index contributed by atoms with van der Waals surface area (Å²) in [6.45, 7) is 1.92. The van der Waals surface area contributed by atoms with Gasteiger partial charge < -0.3 is 15.0 Å². The zero-order valence-corrected chi connectivity index (χ0v) is 15.8. The molecule has 140 valence electrons. The van der Waals surface area contributed by atoms with Crippen molar-refractivity contribution in [3.05, 3.63) is 70.9 Å². The zero-order chi connectivity index (χ0) is 19.2. The minimum Gasteiger partial charge on any atom is -0.453 e. The number of fused-ring (bicyclic) bond motifs is 1. The molecule has 0 aliphatic heterocycles. The Morgan fingerprint density at radius 1 is 1.15 bits per heavy atom. The van der Waals surface area contributed by atoms with Crippen molar-refractivity contribution in [2.45, 2.75) is 32.4 Å². The van der Waals surface area contributed by atoms with Gasteiger partial charge >= 0.3 is 5.97 Å². The van der Waals surface area contributed by atoms with Crippen molar-refractivity contribution in [1.29, 1.82) is 0 Å². The minimum absolute atomic E-state index is 0.219. The first-order chi connectivity index (χ1) is 13.0. The number of carbonyl (C=O) groups excluding carboxylic acids is 2. The lowest BCUT2D eigenvalue weighted by Crippen LogP contribution is -2.35. The van der Waals surface area contributed by atoms with Gasteiger partial charge in [0, 0.05) is 35.1 Å². The largest absolute Gasteiger partial charge is 0.453 e. The van der Waals surface area contributed by atoms with Gasteiger partial charge in [-0.05, 0) is 42.7 Å². The predicted molar refractivity (Wildman–Crippen MR) is 105 cm³/mol. The second kappa shape index (κ2) is 8.73. The molecule has 0 fully saturated rings. The van der Waals surface area contributed by atoms with E-state index >= 15 is 0 Å². The second-order valence-corrected chi connectivity index (χ2v) is 6.77. The highest BCUT2D eigenvalue weighted by Crippen LogP contribution is 2.19. The molecule has 3 rings (SSSR count). The van der Waals surface area contributed by atoms with E-state index in [0.29, 0.717) is 18.0 Å². The number of aryl methyl sites for hydroxylation is 1. The number of rotatable bonds is 7. The van der Waals surface area contributed by atoms with Gasteiger partial charge in [0.2, 0.25) is 0 Å². The maximum absolute atomic E-state index is 12.1. The van der Waals surface area contributed by atoms with Crippen molar-refractivity contribution in [1.82, 2.24) is 10.3 Å². The third-order valence-corrected chi connectivity index (χ3v) is 4.58. The fraction of sp³-hybridized carbons (Fsp3) is 0.238. The van der Waals surface area contributed by atoms with Crippen LogP contribution in [0.25, 0.3) is 10.9 Å². The van der Waals surface area contributed by atoms with Crippen LogP contribution in [0.3, 0.4) is 0 Å². The lowest BCUT2D eigenvalue weighted by molar-refractivity contribution is -0.154. The first kappa shape index (κ1) is 19.0. The van der Waals surface area contributed by atoms with Crippen LogP contribution in [0.5, 0.6) is 0 Å². The molecule has 0 saturated carbocycles. The molecule has 1 unspecified atom stereocenters. The normalized spacial score (nSPS) is 11.9. The quantitative estimate of drug-likeness (QED) is 0.605. The molecule has 1 atom stereocenters. The summed E-state index contributed by atoms with van der Waals surface area (Å²) in [7, 11) is 0. The van der Waals surface area contributed by atoms with Crippen molar-refractivity contribution in [2.75, 3.05) is 0 Å². The molecule has 0 spiro atoms. The van der Waals surface area contributed by atoms with Gasteiger partial charge in [0.05, 0.1) is 0 Å². The first-order valence-electron chi connectivity index (χ1n) is 8.79. The van der Waals surface area contributed by atoms with Crippen molar-refractivity contribution in [3.63, 3.8) is 0 Å². The molecule has 1 aromatic heterocycles. The van der Waals surface area contributed by atoms with E-state index in [2.05, 4.69) is 10.3 Å². The molecule has 27 heavy (non-hydrogen) atoms. The van der Waals surface area contributed by atoms with Gasteiger partial charge in [0.25, 0.3) is 5.91 Å². The highest BCUT2D eigenvalue weighted by molar-refractivity contribution is 6.30. The number of hydrogen-bond donors (Lipinski definition) is 2. The van der Waals surface area contributed by atoms with Crippen molar-refractivity contribution in [3.8, 4) is 0 Å². The lowest BCUT2D eigenvalue weighted by atomic mass is 10.1. The second-order valence-electron chi connectivity index (χ2n) is 6.34. The standard InChI is InChI=1S/C21H21ClN2O3/c1-14(21(26)24-12-15-6-9-17(22)10-7-15)27-20(25)11-8-16-13-23-19-5-3-2-4-18(16)19/h2-7,9-10,13-14,23H,8,11-12H2,1H3,(H,24,26). The van der Waals surface area contributed by atoms with Crippen LogP contribution >= 0.6 is 11.6 Å². The molecule has 6 heteroatoms. The number of nitrogens with one attached hydrogen (secondary N) is 2. The molecule has 3 aromatic rings. The summed E-state index contributed by atoms with van der Waals surface area (Å²) in [6.07, 6.45) is 1.84. The fourth-order valence-electron chi connectivity index (χ4n) is 2.82. The Morgan fingerprint density at radius 2 is 1.89 bits per heavy atom. The summed E-state index contributed by atoms with van der Waals surface area (Å²) in [4.78, 5) is 27.4. The Morgan fingerprint density at radius 3 is 2.67 bits per heavy atom. The van der Waals surface area contributed by atoms with E-state index in [1.54, 1.807) is 19.1 Å². The van der Waals surface area contributed by atoms with E-state index in [4.69, 9.17) is 16.3 Å². The number of aromatic amines is 1. The molecule has 0 saturated heterocycles. The Bertz CT molecular complexity index is 934. The number of aromatic nitrogens is 1. The van der Waals surface area contributed by atoms with Crippen LogP contribution in [-0.4, -0.2) is 23.0 Å². The maximum atomic E-state index is 12.1. The summed E-state index contributed by atoms with van der Waals surface area (Å²) >= 11 is 5.83. The van der Waals surface area contributed by atoms with Gasteiger partial charge in [-0.1, -0.05) is 41.9 Å². The molecule has 1 amide bonds. The molecule has 0 radical (unpaired) electrons. The highest BCUT2D eigenvalue weighted by atomic mass is 35.5. The summed E-state index contributed by atoms with van der Waals surface area (Å²) in [5.74, 6) is -0.722. The molecule has 2 aromatic carbocycles. The van der Waals surface area contributed by atoms with Crippen molar-refractivity contribution >= 4 is 34.4 Å². The first-order valence-corrected chi connectivity index (χ1v) is 9.17. The van der Waals surface area contributed by atoms with Gasteiger partial charge in [0.1, 0.15) is 0 Å². The number of hydrogen-bond acceptors (Lipinski definition) is 3. The Hall–Kier alpha value is -2.79. The van der Waals surface area contributed by atoms with Crippen LogP contribution in [-0.2, 0) is 27.3 Å². The van der Waals surface area contributed by atoms with Crippen molar-refractivity contribution in [2.24, 2.45) is 0 Å².